The lowest BCUT2D eigenvalue weighted by atomic mass is 9.82. The van der Waals surface area contributed by atoms with E-state index in [0.717, 1.165) is 67.6 Å². The number of hydrogen-bond donors (Lipinski definition) is 0. The zero-order chi connectivity index (χ0) is 21.6. The summed E-state index contributed by atoms with van der Waals surface area (Å²) in [6.45, 7) is 5.58. The molecule has 2 fully saturated rings. The fraction of sp³-hybridized carbons (Fsp3) is 0.583. The van der Waals surface area contributed by atoms with Gasteiger partial charge in [-0.3, -0.25) is 14.6 Å². The number of carbonyl (C=O) groups excluding carboxylic acids is 1. The third-order valence-corrected chi connectivity index (χ3v) is 7.13. The average molecular weight is 425 g/mol. The zero-order valence-corrected chi connectivity index (χ0v) is 18.8. The van der Waals surface area contributed by atoms with E-state index in [2.05, 4.69) is 21.7 Å². The number of likely N-dealkylation sites (tertiary alicyclic amines) is 1. The van der Waals surface area contributed by atoms with Crippen molar-refractivity contribution < 1.29 is 14.3 Å². The highest BCUT2D eigenvalue weighted by atomic mass is 16.5. The van der Waals surface area contributed by atoms with Crippen LogP contribution in [0.15, 0.2) is 24.3 Å². The minimum absolute atomic E-state index is 0.193. The van der Waals surface area contributed by atoms with Crippen molar-refractivity contribution >= 4 is 11.7 Å². The normalized spacial score (nSPS) is 20.7. The third-order valence-electron chi connectivity index (χ3n) is 7.13. The molecule has 1 saturated carbocycles. The number of piperidine rings is 1. The second-order valence-corrected chi connectivity index (χ2v) is 9.36. The van der Waals surface area contributed by atoms with Gasteiger partial charge in [0.15, 0.2) is 0 Å². The number of benzene rings is 1. The van der Waals surface area contributed by atoms with Crippen LogP contribution in [0.1, 0.15) is 43.4 Å². The molecule has 7 heteroatoms. The maximum absolute atomic E-state index is 13.2. The number of ether oxygens (including phenoxy) is 2. The molecule has 0 unspecified atom stereocenters. The van der Waals surface area contributed by atoms with Gasteiger partial charge in [0, 0.05) is 43.9 Å². The molecule has 1 aromatic heterocycles. The van der Waals surface area contributed by atoms with Crippen molar-refractivity contribution in [3.63, 3.8) is 0 Å². The van der Waals surface area contributed by atoms with Crippen molar-refractivity contribution in [3.05, 3.63) is 35.5 Å². The van der Waals surface area contributed by atoms with Crippen LogP contribution in [0, 0.1) is 12.8 Å². The Morgan fingerprint density at radius 3 is 2.58 bits per heavy atom. The lowest BCUT2D eigenvalue weighted by Crippen LogP contribution is -2.54. The Labute approximate surface area is 183 Å². The summed E-state index contributed by atoms with van der Waals surface area (Å²) in [5.41, 5.74) is 1.96. The Kier molecular flexibility index (Phi) is 5.16. The number of rotatable bonds is 6. The van der Waals surface area contributed by atoms with E-state index in [1.807, 2.05) is 24.0 Å². The first-order valence-corrected chi connectivity index (χ1v) is 11.3. The SMILES string of the molecule is COc1ccc(CN2CCC3(CC2)CC(=O)N(CC2CC2)c2cc(C)nn23)c(OC)c1. The first-order valence-electron chi connectivity index (χ1n) is 11.3. The van der Waals surface area contributed by atoms with Crippen molar-refractivity contribution in [3.8, 4) is 11.5 Å². The number of aryl methyl sites for hydroxylation is 1. The predicted octanol–water partition coefficient (Wildman–Crippen LogP) is 3.35. The van der Waals surface area contributed by atoms with E-state index < -0.39 is 0 Å². The van der Waals surface area contributed by atoms with E-state index in [4.69, 9.17) is 14.6 Å². The fourth-order valence-corrected chi connectivity index (χ4v) is 5.10. The molecule has 0 bridgehead atoms. The molecule has 3 aliphatic rings. The summed E-state index contributed by atoms with van der Waals surface area (Å²) in [7, 11) is 3.37. The zero-order valence-electron chi connectivity index (χ0n) is 18.8. The van der Waals surface area contributed by atoms with Crippen LogP contribution in [0.25, 0.3) is 0 Å². The van der Waals surface area contributed by atoms with Crippen LogP contribution in [-0.2, 0) is 16.9 Å². The fourth-order valence-electron chi connectivity index (χ4n) is 5.10. The highest BCUT2D eigenvalue weighted by Crippen LogP contribution is 2.43. The van der Waals surface area contributed by atoms with Gasteiger partial charge in [-0.15, -0.1) is 0 Å². The van der Waals surface area contributed by atoms with Gasteiger partial charge in [0.25, 0.3) is 0 Å². The molecule has 5 rings (SSSR count). The Balaban J connectivity index is 1.32. The van der Waals surface area contributed by atoms with Crippen molar-refractivity contribution in [2.75, 3.05) is 38.8 Å². The summed E-state index contributed by atoms with van der Waals surface area (Å²) >= 11 is 0. The summed E-state index contributed by atoms with van der Waals surface area (Å²) in [5.74, 6) is 3.60. The van der Waals surface area contributed by atoms with Gasteiger partial charge in [-0.25, -0.2) is 4.68 Å². The number of carbonyl (C=O) groups is 1. The summed E-state index contributed by atoms with van der Waals surface area (Å²) < 4.78 is 13.1. The van der Waals surface area contributed by atoms with E-state index in [-0.39, 0.29) is 11.4 Å². The van der Waals surface area contributed by atoms with E-state index >= 15 is 0 Å². The van der Waals surface area contributed by atoms with Gasteiger partial charge in [0.2, 0.25) is 5.91 Å². The number of hydrogen-bond acceptors (Lipinski definition) is 5. The van der Waals surface area contributed by atoms with E-state index in [1.54, 1.807) is 14.2 Å². The molecule has 0 radical (unpaired) electrons. The number of aromatic nitrogens is 2. The van der Waals surface area contributed by atoms with Crippen LogP contribution in [0.2, 0.25) is 0 Å². The van der Waals surface area contributed by atoms with Crippen LogP contribution < -0.4 is 14.4 Å². The van der Waals surface area contributed by atoms with Gasteiger partial charge >= 0.3 is 0 Å². The number of amides is 1. The number of nitrogens with zero attached hydrogens (tertiary/aromatic N) is 4. The minimum atomic E-state index is -0.193. The molecule has 31 heavy (non-hydrogen) atoms. The predicted molar refractivity (Wildman–Crippen MR) is 119 cm³/mol. The Morgan fingerprint density at radius 1 is 1.13 bits per heavy atom. The first-order chi connectivity index (χ1) is 15.0. The highest BCUT2D eigenvalue weighted by molar-refractivity contribution is 5.94. The molecule has 166 valence electrons. The molecule has 7 nitrogen and oxygen atoms in total. The van der Waals surface area contributed by atoms with Crippen LogP contribution in [0.4, 0.5) is 5.82 Å². The number of anilines is 1. The maximum atomic E-state index is 13.2. The monoisotopic (exact) mass is 424 g/mol. The van der Waals surface area contributed by atoms with E-state index in [0.29, 0.717) is 12.3 Å². The van der Waals surface area contributed by atoms with Crippen molar-refractivity contribution in [1.29, 1.82) is 0 Å². The van der Waals surface area contributed by atoms with Gasteiger partial charge in [0.1, 0.15) is 17.3 Å². The topological polar surface area (TPSA) is 59.8 Å². The lowest BCUT2D eigenvalue weighted by Gasteiger charge is -2.46. The Morgan fingerprint density at radius 2 is 1.90 bits per heavy atom. The van der Waals surface area contributed by atoms with Crippen LogP contribution in [0.3, 0.4) is 0 Å². The average Bonchev–Trinajstić information content (AvgIpc) is 3.51. The number of methoxy groups -OCH3 is 2. The minimum Gasteiger partial charge on any atom is -0.497 e. The van der Waals surface area contributed by atoms with Gasteiger partial charge < -0.3 is 9.47 Å². The highest BCUT2D eigenvalue weighted by Gasteiger charge is 2.46. The Bertz CT molecular complexity index is 973. The quantitative estimate of drug-likeness (QED) is 0.712. The molecule has 1 aromatic carbocycles. The van der Waals surface area contributed by atoms with E-state index in [1.165, 1.54) is 12.8 Å². The molecule has 1 saturated heterocycles. The largest absolute Gasteiger partial charge is 0.497 e. The van der Waals surface area contributed by atoms with E-state index in [9.17, 15) is 4.79 Å². The van der Waals surface area contributed by atoms with Crippen molar-refractivity contribution in [1.82, 2.24) is 14.7 Å². The second kappa shape index (κ2) is 7.86. The summed E-state index contributed by atoms with van der Waals surface area (Å²) in [6, 6.07) is 8.09. The summed E-state index contributed by atoms with van der Waals surface area (Å²) in [6.07, 6.45) is 4.91. The number of fused-ring (bicyclic) bond motifs is 2. The summed E-state index contributed by atoms with van der Waals surface area (Å²) in [5, 5.41) is 4.87. The molecule has 1 aliphatic carbocycles. The molecule has 2 aliphatic heterocycles. The standard InChI is InChI=1S/C24H32N4O3/c1-17-12-22-27(15-18-4-5-18)23(29)14-24(28(22)25-17)8-10-26(11-9-24)16-19-6-7-20(30-2)13-21(19)31-3/h6-7,12-13,18H,4-5,8-11,14-16H2,1-3H3. The second-order valence-electron chi connectivity index (χ2n) is 9.36. The van der Waals surface area contributed by atoms with Gasteiger partial charge in [0.05, 0.1) is 31.9 Å². The van der Waals surface area contributed by atoms with Crippen molar-refractivity contribution in [2.45, 2.75) is 51.1 Å². The maximum Gasteiger partial charge on any atom is 0.230 e. The molecule has 0 N–H and O–H groups in total. The van der Waals surface area contributed by atoms with Gasteiger partial charge in [-0.1, -0.05) is 6.07 Å². The van der Waals surface area contributed by atoms with Crippen LogP contribution in [-0.4, -0.2) is 54.4 Å². The van der Waals surface area contributed by atoms with Crippen LogP contribution in [0.5, 0.6) is 11.5 Å². The molecule has 1 amide bonds. The molecule has 0 atom stereocenters. The van der Waals surface area contributed by atoms with Gasteiger partial charge in [-0.2, -0.15) is 5.10 Å². The third kappa shape index (κ3) is 3.80. The van der Waals surface area contributed by atoms with Crippen molar-refractivity contribution in [2.24, 2.45) is 5.92 Å². The Hall–Kier alpha value is -2.54. The van der Waals surface area contributed by atoms with Crippen LogP contribution >= 0.6 is 0 Å². The summed E-state index contributed by atoms with van der Waals surface area (Å²) in [4.78, 5) is 17.6. The molecule has 2 aromatic rings. The smallest absolute Gasteiger partial charge is 0.230 e. The molecular weight excluding hydrogens is 392 g/mol. The first kappa shape index (κ1) is 20.4. The molecule has 1 spiro atoms. The molecule has 3 heterocycles. The molecular formula is C24H32N4O3. The van der Waals surface area contributed by atoms with Gasteiger partial charge in [-0.05, 0) is 44.6 Å². The lowest BCUT2D eigenvalue weighted by molar-refractivity contribution is -0.123.